The van der Waals surface area contributed by atoms with Crippen molar-refractivity contribution in [1.82, 2.24) is 0 Å². The summed E-state index contributed by atoms with van der Waals surface area (Å²) >= 11 is 12.5. The molecule has 0 spiro atoms. The normalized spacial score (nSPS) is 13.9. The van der Waals surface area contributed by atoms with E-state index in [1.807, 2.05) is 42.5 Å². The summed E-state index contributed by atoms with van der Waals surface area (Å²) < 4.78 is 11.8. The van der Waals surface area contributed by atoms with E-state index in [9.17, 15) is 5.11 Å². The Hall–Kier alpha value is -2.28. The summed E-state index contributed by atoms with van der Waals surface area (Å²) in [6, 6.07) is 20.1. The Morgan fingerprint density at radius 3 is 2.41 bits per heavy atom. The van der Waals surface area contributed by atoms with Crippen molar-refractivity contribution < 1.29 is 19.7 Å². The number of ether oxygens (including phenoxy) is 2. The van der Waals surface area contributed by atoms with Crippen molar-refractivity contribution in [2.75, 3.05) is 6.61 Å². The summed E-state index contributed by atoms with van der Waals surface area (Å²) in [5, 5.41) is 20.1. The smallest absolute Gasteiger partial charge is 0.131 e. The van der Waals surface area contributed by atoms with E-state index in [1.54, 1.807) is 31.2 Å². The van der Waals surface area contributed by atoms with Gasteiger partial charge < -0.3 is 25.4 Å². The van der Waals surface area contributed by atoms with Gasteiger partial charge in [-0.1, -0.05) is 47.5 Å². The van der Waals surface area contributed by atoms with Crippen LogP contribution < -0.4 is 15.2 Å². The monoisotopic (exact) mass is 475 g/mol. The SMILES string of the molecule is CC(N)(CC(O)CCO)c1ccc(Oc2cccc(OCc3cccc(Cl)c3)c2)cc1Cl. The summed E-state index contributed by atoms with van der Waals surface area (Å²) in [6.45, 7) is 2.09. The number of benzene rings is 3. The molecule has 4 N–H and O–H groups in total. The van der Waals surface area contributed by atoms with Crippen LogP contribution in [0.2, 0.25) is 10.0 Å². The molecule has 5 nitrogen and oxygen atoms in total. The van der Waals surface area contributed by atoms with Gasteiger partial charge in [0, 0.05) is 28.3 Å². The quantitative estimate of drug-likeness (QED) is 0.351. The molecule has 3 rings (SSSR count). The molecule has 0 aliphatic heterocycles. The number of aliphatic hydroxyl groups excluding tert-OH is 2. The second-order valence-electron chi connectivity index (χ2n) is 7.92. The Labute approximate surface area is 198 Å². The number of rotatable bonds is 10. The average Bonchev–Trinajstić information content (AvgIpc) is 2.72. The molecule has 0 amide bonds. The molecule has 32 heavy (non-hydrogen) atoms. The number of halogens is 2. The maximum absolute atomic E-state index is 10.0. The molecule has 0 aromatic heterocycles. The molecular weight excluding hydrogens is 449 g/mol. The van der Waals surface area contributed by atoms with Gasteiger partial charge in [-0.15, -0.1) is 0 Å². The Bertz CT molecular complexity index is 1040. The molecule has 0 saturated carbocycles. The predicted octanol–water partition coefficient (Wildman–Crippen LogP) is 5.67. The largest absolute Gasteiger partial charge is 0.489 e. The Morgan fingerprint density at radius 2 is 1.69 bits per heavy atom. The third-order valence-corrected chi connectivity index (χ3v) is 5.56. The molecule has 0 saturated heterocycles. The summed E-state index contributed by atoms with van der Waals surface area (Å²) in [5.74, 6) is 1.82. The first-order chi connectivity index (χ1) is 15.3. The highest BCUT2D eigenvalue weighted by Gasteiger charge is 2.27. The summed E-state index contributed by atoms with van der Waals surface area (Å²) in [5.41, 5.74) is 7.21. The Morgan fingerprint density at radius 1 is 0.969 bits per heavy atom. The highest BCUT2D eigenvalue weighted by atomic mass is 35.5. The van der Waals surface area contributed by atoms with Gasteiger partial charge in [-0.2, -0.15) is 0 Å². The van der Waals surface area contributed by atoms with Gasteiger partial charge >= 0.3 is 0 Å². The molecule has 0 aliphatic rings. The van der Waals surface area contributed by atoms with E-state index in [1.165, 1.54) is 0 Å². The van der Waals surface area contributed by atoms with Crippen LogP contribution in [-0.4, -0.2) is 22.9 Å². The van der Waals surface area contributed by atoms with Crippen LogP contribution >= 0.6 is 23.2 Å². The second-order valence-corrected chi connectivity index (χ2v) is 8.77. The average molecular weight is 476 g/mol. The van der Waals surface area contributed by atoms with Crippen molar-refractivity contribution in [3.63, 3.8) is 0 Å². The number of hydrogen-bond donors (Lipinski definition) is 3. The van der Waals surface area contributed by atoms with Crippen LogP contribution in [0.15, 0.2) is 66.7 Å². The third-order valence-electron chi connectivity index (χ3n) is 5.01. The first-order valence-electron chi connectivity index (χ1n) is 10.3. The lowest BCUT2D eigenvalue weighted by Gasteiger charge is -2.29. The lowest BCUT2D eigenvalue weighted by Crippen LogP contribution is -2.37. The van der Waals surface area contributed by atoms with Crippen molar-refractivity contribution in [2.45, 2.75) is 38.0 Å². The van der Waals surface area contributed by atoms with E-state index in [-0.39, 0.29) is 19.4 Å². The molecule has 2 unspecified atom stereocenters. The van der Waals surface area contributed by atoms with Crippen LogP contribution in [0.1, 0.15) is 30.9 Å². The highest BCUT2D eigenvalue weighted by Crippen LogP contribution is 2.34. The van der Waals surface area contributed by atoms with E-state index in [4.69, 9.17) is 43.5 Å². The maximum atomic E-state index is 10.0. The fraction of sp³-hybridized carbons (Fsp3) is 0.280. The Kier molecular flexibility index (Phi) is 8.40. The number of nitrogens with two attached hydrogens (primary N) is 1. The van der Waals surface area contributed by atoms with Gasteiger partial charge in [0.1, 0.15) is 23.9 Å². The van der Waals surface area contributed by atoms with Gasteiger partial charge in [0.25, 0.3) is 0 Å². The van der Waals surface area contributed by atoms with E-state index in [0.29, 0.717) is 39.5 Å². The van der Waals surface area contributed by atoms with Crippen molar-refractivity contribution in [2.24, 2.45) is 5.73 Å². The van der Waals surface area contributed by atoms with Gasteiger partial charge in [0.2, 0.25) is 0 Å². The molecule has 0 heterocycles. The van der Waals surface area contributed by atoms with Gasteiger partial charge in [0.05, 0.1) is 6.10 Å². The van der Waals surface area contributed by atoms with Gasteiger partial charge in [0.15, 0.2) is 0 Å². The van der Waals surface area contributed by atoms with E-state index >= 15 is 0 Å². The van der Waals surface area contributed by atoms with Gasteiger partial charge in [-0.3, -0.25) is 0 Å². The summed E-state index contributed by atoms with van der Waals surface area (Å²) in [6.07, 6.45) is -0.169. The molecule has 170 valence electrons. The molecule has 0 aliphatic carbocycles. The van der Waals surface area contributed by atoms with Gasteiger partial charge in [-0.05, 0) is 67.3 Å². The lowest BCUT2D eigenvalue weighted by atomic mass is 9.86. The molecule has 0 radical (unpaired) electrons. The predicted molar refractivity (Wildman–Crippen MR) is 128 cm³/mol. The highest BCUT2D eigenvalue weighted by molar-refractivity contribution is 6.31. The number of aliphatic hydroxyl groups is 2. The van der Waals surface area contributed by atoms with Gasteiger partial charge in [-0.25, -0.2) is 0 Å². The van der Waals surface area contributed by atoms with Crippen LogP contribution in [0, 0.1) is 0 Å². The van der Waals surface area contributed by atoms with Crippen molar-refractivity contribution >= 4 is 23.2 Å². The first-order valence-corrected chi connectivity index (χ1v) is 11.1. The standard InChI is InChI=1S/C25H27Cl2NO4/c1-25(28,15-19(30)10-11-29)23-9-8-22(14-24(23)27)32-21-7-3-6-20(13-21)31-16-17-4-2-5-18(26)12-17/h2-9,12-14,19,29-30H,10-11,15-16,28H2,1H3. The summed E-state index contributed by atoms with van der Waals surface area (Å²) in [4.78, 5) is 0. The minimum absolute atomic E-state index is 0.0976. The van der Waals surface area contributed by atoms with Crippen molar-refractivity contribution in [3.8, 4) is 17.2 Å². The fourth-order valence-corrected chi connectivity index (χ4v) is 4.03. The molecule has 3 aromatic rings. The summed E-state index contributed by atoms with van der Waals surface area (Å²) in [7, 11) is 0. The van der Waals surface area contributed by atoms with E-state index in [2.05, 4.69) is 0 Å². The van der Waals surface area contributed by atoms with Crippen LogP contribution in [0.25, 0.3) is 0 Å². The molecule has 0 bridgehead atoms. The van der Waals surface area contributed by atoms with E-state index < -0.39 is 11.6 Å². The van der Waals surface area contributed by atoms with Crippen LogP contribution in [0.5, 0.6) is 17.2 Å². The zero-order valence-electron chi connectivity index (χ0n) is 17.8. The molecule has 3 aromatic carbocycles. The first kappa shape index (κ1) is 24.4. The van der Waals surface area contributed by atoms with Crippen LogP contribution in [0.3, 0.4) is 0 Å². The second kappa shape index (κ2) is 11.0. The molecular formula is C25H27Cl2NO4. The number of hydrogen-bond acceptors (Lipinski definition) is 5. The third kappa shape index (κ3) is 6.86. The fourth-order valence-electron chi connectivity index (χ4n) is 3.43. The minimum Gasteiger partial charge on any atom is -0.489 e. The van der Waals surface area contributed by atoms with Crippen LogP contribution in [-0.2, 0) is 12.1 Å². The molecule has 7 heteroatoms. The minimum atomic E-state index is -0.849. The van der Waals surface area contributed by atoms with Crippen LogP contribution in [0.4, 0.5) is 0 Å². The molecule has 2 atom stereocenters. The maximum Gasteiger partial charge on any atom is 0.131 e. The van der Waals surface area contributed by atoms with E-state index in [0.717, 1.165) is 5.56 Å². The lowest BCUT2D eigenvalue weighted by molar-refractivity contribution is 0.103. The Balaban J connectivity index is 1.67. The van der Waals surface area contributed by atoms with Crippen molar-refractivity contribution in [3.05, 3.63) is 87.9 Å². The molecule has 0 fully saturated rings. The zero-order chi connectivity index (χ0) is 23.1. The van der Waals surface area contributed by atoms with Crippen molar-refractivity contribution in [1.29, 1.82) is 0 Å². The topological polar surface area (TPSA) is 84.9 Å². The zero-order valence-corrected chi connectivity index (χ0v) is 19.3.